The molecule has 0 radical (unpaired) electrons. The van der Waals surface area contributed by atoms with Gasteiger partial charge in [0.2, 0.25) is 0 Å². The molecule has 1 aliphatic heterocycles. The monoisotopic (exact) mass is 278 g/mol. The fourth-order valence-electron chi connectivity index (χ4n) is 2.91. The maximum absolute atomic E-state index is 11.8. The summed E-state index contributed by atoms with van der Waals surface area (Å²) in [4.78, 5) is 13.6. The molecule has 1 heterocycles. The van der Waals surface area contributed by atoms with Crippen LogP contribution < -0.4 is 4.90 Å². The molecule has 3 rings (SSSR count). The number of hydrogen-bond acceptors (Lipinski definition) is 3. The van der Waals surface area contributed by atoms with E-state index in [1.807, 2.05) is 41.3 Å². The van der Waals surface area contributed by atoms with Crippen molar-refractivity contribution >= 4 is 11.7 Å². The van der Waals surface area contributed by atoms with Crippen LogP contribution in [0.3, 0.4) is 0 Å². The smallest absolute Gasteiger partial charge is 0.331 e. The molecule has 0 spiro atoms. The van der Waals surface area contributed by atoms with Gasteiger partial charge in [0.25, 0.3) is 0 Å². The van der Waals surface area contributed by atoms with Gasteiger partial charge in [-0.2, -0.15) is 5.26 Å². The lowest BCUT2D eigenvalue weighted by molar-refractivity contribution is -0.138. The summed E-state index contributed by atoms with van der Waals surface area (Å²) in [7, 11) is 0. The highest BCUT2D eigenvalue weighted by Gasteiger charge is 2.33. The lowest BCUT2D eigenvalue weighted by Gasteiger charge is -2.36. The van der Waals surface area contributed by atoms with Crippen LogP contribution in [0.1, 0.15) is 22.7 Å². The Labute approximate surface area is 122 Å². The van der Waals surface area contributed by atoms with Crippen LogP contribution in [0.4, 0.5) is 5.69 Å². The van der Waals surface area contributed by atoms with E-state index in [2.05, 4.69) is 6.07 Å². The van der Waals surface area contributed by atoms with Crippen molar-refractivity contribution in [1.82, 2.24) is 0 Å². The first-order chi connectivity index (χ1) is 10.2. The van der Waals surface area contributed by atoms with E-state index in [-0.39, 0.29) is 0 Å². The van der Waals surface area contributed by atoms with Gasteiger partial charge < -0.3 is 10.0 Å². The SMILES string of the molecule is N#Cc1ccccc1N1CCc2ccccc2C1C(=O)O. The number of para-hydroxylation sites is 1. The number of nitrogens with zero attached hydrogens (tertiary/aromatic N) is 2. The Morgan fingerprint density at radius 2 is 1.90 bits per heavy atom. The average molecular weight is 278 g/mol. The van der Waals surface area contributed by atoms with Crippen molar-refractivity contribution in [1.29, 1.82) is 5.26 Å². The second kappa shape index (κ2) is 5.29. The highest BCUT2D eigenvalue weighted by molar-refractivity contribution is 5.82. The largest absolute Gasteiger partial charge is 0.479 e. The second-order valence-electron chi connectivity index (χ2n) is 5.01. The molecular weight excluding hydrogens is 264 g/mol. The third-order valence-electron chi connectivity index (χ3n) is 3.85. The van der Waals surface area contributed by atoms with E-state index in [0.29, 0.717) is 17.8 Å². The van der Waals surface area contributed by atoms with Crippen LogP contribution in [0.15, 0.2) is 48.5 Å². The summed E-state index contributed by atoms with van der Waals surface area (Å²) in [5, 5.41) is 18.9. The molecule has 21 heavy (non-hydrogen) atoms. The maximum Gasteiger partial charge on any atom is 0.331 e. The molecule has 0 amide bonds. The summed E-state index contributed by atoms with van der Waals surface area (Å²) in [6.07, 6.45) is 0.777. The summed E-state index contributed by atoms with van der Waals surface area (Å²) in [6.45, 7) is 0.590. The van der Waals surface area contributed by atoms with Gasteiger partial charge in [0.15, 0.2) is 6.04 Å². The number of nitriles is 1. The minimum absolute atomic E-state index is 0.503. The van der Waals surface area contributed by atoms with Crippen LogP contribution in [-0.2, 0) is 11.2 Å². The number of hydrogen-bond donors (Lipinski definition) is 1. The van der Waals surface area contributed by atoms with Crippen molar-refractivity contribution in [3.05, 3.63) is 65.2 Å². The Morgan fingerprint density at radius 1 is 1.19 bits per heavy atom. The van der Waals surface area contributed by atoms with E-state index in [1.165, 1.54) is 0 Å². The summed E-state index contributed by atoms with van der Waals surface area (Å²) < 4.78 is 0. The first-order valence-electron chi connectivity index (χ1n) is 6.78. The summed E-state index contributed by atoms with van der Waals surface area (Å²) in [5.41, 5.74) is 3.06. The number of carbonyl (C=O) groups is 1. The second-order valence-corrected chi connectivity index (χ2v) is 5.01. The zero-order valence-electron chi connectivity index (χ0n) is 11.4. The van der Waals surface area contributed by atoms with Crippen molar-refractivity contribution in [2.45, 2.75) is 12.5 Å². The quantitative estimate of drug-likeness (QED) is 0.917. The van der Waals surface area contributed by atoms with Gasteiger partial charge in [-0.25, -0.2) is 4.79 Å². The van der Waals surface area contributed by atoms with Crippen LogP contribution in [0.5, 0.6) is 0 Å². The molecule has 4 nitrogen and oxygen atoms in total. The summed E-state index contributed by atoms with van der Waals surface area (Å²) in [5.74, 6) is -0.894. The molecule has 0 fully saturated rings. The van der Waals surface area contributed by atoms with Crippen molar-refractivity contribution in [3.63, 3.8) is 0 Å². The fraction of sp³-hybridized carbons (Fsp3) is 0.176. The lowest BCUT2D eigenvalue weighted by atomic mass is 9.91. The molecule has 1 atom stereocenters. The van der Waals surface area contributed by atoms with Crippen LogP contribution in [0.2, 0.25) is 0 Å². The third kappa shape index (κ3) is 2.23. The zero-order chi connectivity index (χ0) is 14.8. The van der Waals surface area contributed by atoms with Gasteiger partial charge in [-0.3, -0.25) is 0 Å². The van der Waals surface area contributed by atoms with Crippen molar-refractivity contribution in [2.24, 2.45) is 0 Å². The van der Waals surface area contributed by atoms with Gasteiger partial charge >= 0.3 is 5.97 Å². The van der Waals surface area contributed by atoms with Gasteiger partial charge in [0.05, 0.1) is 11.3 Å². The van der Waals surface area contributed by atoms with Crippen molar-refractivity contribution in [2.75, 3.05) is 11.4 Å². The molecule has 0 saturated carbocycles. The molecule has 1 N–H and O–H groups in total. The van der Waals surface area contributed by atoms with E-state index in [9.17, 15) is 15.2 Å². The van der Waals surface area contributed by atoms with Crippen LogP contribution in [-0.4, -0.2) is 17.6 Å². The number of carboxylic acid groups (broad SMARTS) is 1. The Balaban J connectivity index is 2.12. The van der Waals surface area contributed by atoms with Crippen LogP contribution in [0, 0.1) is 11.3 Å². The standard InChI is InChI=1S/C17H14N2O2/c18-11-13-6-2-4-8-15(13)19-10-9-12-5-1-3-7-14(12)16(19)17(20)21/h1-8,16H,9-10H2,(H,20,21). The fourth-order valence-corrected chi connectivity index (χ4v) is 2.91. The maximum atomic E-state index is 11.8. The van der Waals surface area contributed by atoms with E-state index < -0.39 is 12.0 Å². The van der Waals surface area contributed by atoms with Gasteiger partial charge in [-0.05, 0) is 29.7 Å². The van der Waals surface area contributed by atoms with Gasteiger partial charge in [-0.1, -0.05) is 36.4 Å². The molecule has 0 bridgehead atoms. The highest BCUT2D eigenvalue weighted by Crippen LogP contribution is 2.35. The molecule has 1 unspecified atom stereocenters. The predicted molar refractivity (Wildman–Crippen MR) is 79.0 cm³/mol. The Hall–Kier alpha value is -2.80. The average Bonchev–Trinajstić information content (AvgIpc) is 2.53. The van der Waals surface area contributed by atoms with Gasteiger partial charge in [0.1, 0.15) is 6.07 Å². The third-order valence-corrected chi connectivity index (χ3v) is 3.85. The minimum atomic E-state index is -0.894. The molecule has 1 aliphatic rings. The molecule has 2 aromatic rings. The Kier molecular flexibility index (Phi) is 3.33. The highest BCUT2D eigenvalue weighted by atomic mass is 16.4. The van der Waals surface area contributed by atoms with E-state index in [4.69, 9.17) is 0 Å². The number of anilines is 1. The first kappa shape index (κ1) is 13.2. The van der Waals surface area contributed by atoms with E-state index >= 15 is 0 Å². The minimum Gasteiger partial charge on any atom is -0.479 e. The molecule has 0 aromatic heterocycles. The normalized spacial score (nSPS) is 16.9. The van der Waals surface area contributed by atoms with Gasteiger partial charge in [0, 0.05) is 6.54 Å². The number of aliphatic carboxylic acids is 1. The molecule has 2 aromatic carbocycles. The van der Waals surface area contributed by atoms with Crippen molar-refractivity contribution in [3.8, 4) is 6.07 Å². The van der Waals surface area contributed by atoms with Crippen LogP contribution in [0.25, 0.3) is 0 Å². The Morgan fingerprint density at radius 3 is 2.67 bits per heavy atom. The van der Waals surface area contributed by atoms with E-state index in [1.54, 1.807) is 12.1 Å². The Bertz CT molecular complexity index is 734. The molecule has 4 heteroatoms. The molecule has 0 saturated heterocycles. The zero-order valence-corrected chi connectivity index (χ0v) is 11.4. The summed E-state index contributed by atoms with van der Waals surface area (Å²) >= 11 is 0. The predicted octanol–water partition coefficient (Wildman–Crippen LogP) is 2.75. The van der Waals surface area contributed by atoms with Crippen LogP contribution >= 0.6 is 0 Å². The van der Waals surface area contributed by atoms with E-state index in [0.717, 1.165) is 17.5 Å². The van der Waals surface area contributed by atoms with Crippen molar-refractivity contribution < 1.29 is 9.90 Å². The lowest BCUT2D eigenvalue weighted by Crippen LogP contribution is -2.40. The number of carboxylic acids is 1. The number of benzene rings is 2. The molecular formula is C17H14N2O2. The number of fused-ring (bicyclic) bond motifs is 1. The molecule has 0 aliphatic carbocycles. The van der Waals surface area contributed by atoms with Gasteiger partial charge in [-0.15, -0.1) is 0 Å². The number of rotatable bonds is 2. The topological polar surface area (TPSA) is 64.3 Å². The molecule has 104 valence electrons. The summed E-state index contributed by atoms with van der Waals surface area (Å²) in [6, 6.07) is 16.1. The first-order valence-corrected chi connectivity index (χ1v) is 6.78.